The van der Waals surface area contributed by atoms with Gasteiger partial charge in [0, 0.05) is 5.56 Å². The monoisotopic (exact) mass is 302 g/mol. The van der Waals surface area contributed by atoms with Crippen LogP contribution in [-0.2, 0) is 0 Å². The molecule has 9 heteroatoms. The molecule has 100 valence electrons. The van der Waals surface area contributed by atoms with Crippen LogP contribution in [0, 0.1) is 18.6 Å². The number of hydrogen-bond acceptors (Lipinski definition) is 6. The van der Waals surface area contributed by atoms with Gasteiger partial charge in [-0.2, -0.15) is 0 Å². The van der Waals surface area contributed by atoms with E-state index in [0.717, 1.165) is 23.9 Å². The van der Waals surface area contributed by atoms with Crippen molar-refractivity contribution >= 4 is 28.9 Å². The molecule has 1 heterocycles. The van der Waals surface area contributed by atoms with Gasteiger partial charge in [-0.3, -0.25) is 0 Å². The van der Waals surface area contributed by atoms with Gasteiger partial charge in [0.2, 0.25) is 0 Å². The van der Waals surface area contributed by atoms with Gasteiger partial charge in [0.15, 0.2) is 10.2 Å². The first kappa shape index (κ1) is 13.7. The lowest BCUT2D eigenvalue weighted by Crippen LogP contribution is -2.14. The minimum Gasteiger partial charge on any atom is -0.409 e. The predicted octanol–water partition coefficient (Wildman–Crippen LogP) is 2.37. The highest BCUT2D eigenvalue weighted by Crippen LogP contribution is 2.34. The van der Waals surface area contributed by atoms with Crippen LogP contribution in [0.4, 0.5) is 8.78 Å². The van der Waals surface area contributed by atoms with Crippen molar-refractivity contribution in [2.45, 2.75) is 16.2 Å². The Morgan fingerprint density at radius 1 is 1.37 bits per heavy atom. The number of halogens is 2. The van der Waals surface area contributed by atoms with Gasteiger partial charge in [0.1, 0.15) is 16.6 Å². The van der Waals surface area contributed by atoms with E-state index in [-0.39, 0.29) is 16.3 Å². The average Bonchev–Trinajstić information content (AvgIpc) is 2.78. The number of aromatic nitrogens is 2. The zero-order valence-corrected chi connectivity index (χ0v) is 11.2. The number of hydrogen-bond donors (Lipinski definition) is 2. The second-order valence-corrected chi connectivity index (χ2v) is 5.88. The summed E-state index contributed by atoms with van der Waals surface area (Å²) in [4.78, 5) is -0.203. The van der Waals surface area contributed by atoms with Crippen LogP contribution in [0.3, 0.4) is 0 Å². The van der Waals surface area contributed by atoms with Crippen LogP contribution in [-0.4, -0.2) is 21.2 Å². The van der Waals surface area contributed by atoms with E-state index in [1.807, 2.05) is 0 Å². The van der Waals surface area contributed by atoms with E-state index >= 15 is 0 Å². The fourth-order valence-electron chi connectivity index (χ4n) is 1.27. The molecule has 0 bridgehead atoms. The van der Waals surface area contributed by atoms with Gasteiger partial charge in [0.25, 0.3) is 0 Å². The summed E-state index contributed by atoms with van der Waals surface area (Å²) >= 11 is 2.08. The van der Waals surface area contributed by atoms with E-state index in [1.165, 1.54) is 11.3 Å². The fourth-order valence-corrected chi connectivity index (χ4v) is 3.03. The molecular formula is C10H8F2N4OS2. The number of nitrogens with zero attached hydrogens (tertiary/aromatic N) is 3. The second-order valence-electron chi connectivity index (χ2n) is 3.44. The highest BCUT2D eigenvalue weighted by atomic mass is 32.2. The summed E-state index contributed by atoms with van der Waals surface area (Å²) in [5.41, 5.74) is 5.25. The van der Waals surface area contributed by atoms with Crippen LogP contribution in [0.5, 0.6) is 0 Å². The summed E-state index contributed by atoms with van der Waals surface area (Å²) in [5, 5.41) is 19.4. The highest BCUT2D eigenvalue weighted by Gasteiger charge is 2.16. The maximum absolute atomic E-state index is 13.8. The zero-order valence-electron chi connectivity index (χ0n) is 9.59. The highest BCUT2D eigenvalue weighted by molar-refractivity contribution is 8.01. The summed E-state index contributed by atoms with van der Waals surface area (Å²) in [5.74, 6) is -1.97. The minimum absolute atomic E-state index is 0.0321. The van der Waals surface area contributed by atoms with Crippen LogP contribution in [0.2, 0.25) is 0 Å². The SMILES string of the molecule is Cc1nnc(Sc2c(F)cc(C(N)=NO)cc2F)s1. The molecule has 0 aliphatic carbocycles. The Kier molecular flexibility index (Phi) is 3.96. The molecule has 3 N–H and O–H groups in total. The standard InChI is InChI=1S/C10H8F2N4OS2/c1-4-14-15-10(18-4)19-8-6(11)2-5(3-7(8)12)9(13)16-17/h2-3,17H,1H3,(H2,13,16). The first-order chi connectivity index (χ1) is 9.01. The molecule has 2 aromatic rings. The van der Waals surface area contributed by atoms with E-state index in [0.29, 0.717) is 9.35 Å². The van der Waals surface area contributed by atoms with E-state index in [4.69, 9.17) is 10.9 Å². The molecule has 2 rings (SSSR count). The van der Waals surface area contributed by atoms with Gasteiger partial charge in [-0.15, -0.1) is 10.2 Å². The Morgan fingerprint density at radius 2 is 2.00 bits per heavy atom. The van der Waals surface area contributed by atoms with E-state index in [9.17, 15) is 8.78 Å². The van der Waals surface area contributed by atoms with Crippen LogP contribution in [0.15, 0.2) is 26.5 Å². The molecule has 0 saturated carbocycles. The lowest BCUT2D eigenvalue weighted by molar-refractivity contribution is 0.318. The number of oxime groups is 1. The minimum atomic E-state index is -0.806. The molecule has 0 unspecified atom stereocenters. The van der Waals surface area contributed by atoms with Crippen molar-refractivity contribution in [2.24, 2.45) is 10.9 Å². The van der Waals surface area contributed by atoms with Gasteiger partial charge in [0.05, 0.1) is 4.90 Å². The van der Waals surface area contributed by atoms with Crippen LogP contribution in [0.1, 0.15) is 10.6 Å². The fraction of sp³-hybridized carbons (Fsp3) is 0.100. The van der Waals surface area contributed by atoms with Crippen LogP contribution >= 0.6 is 23.1 Å². The van der Waals surface area contributed by atoms with Crippen LogP contribution in [0.25, 0.3) is 0 Å². The lowest BCUT2D eigenvalue weighted by atomic mass is 10.2. The van der Waals surface area contributed by atoms with Gasteiger partial charge < -0.3 is 10.9 Å². The van der Waals surface area contributed by atoms with Gasteiger partial charge in [-0.25, -0.2) is 8.78 Å². The maximum Gasteiger partial charge on any atom is 0.179 e. The molecule has 0 amide bonds. The molecule has 0 fully saturated rings. The van der Waals surface area contributed by atoms with Crippen molar-refractivity contribution in [1.82, 2.24) is 10.2 Å². The summed E-state index contributed by atoms with van der Waals surface area (Å²) in [6.45, 7) is 1.75. The Hall–Kier alpha value is -1.74. The number of aryl methyl sites for hydroxylation is 1. The Labute approximate surface area is 115 Å². The maximum atomic E-state index is 13.8. The number of nitrogens with two attached hydrogens (primary N) is 1. The number of rotatable bonds is 3. The third-order valence-electron chi connectivity index (χ3n) is 2.10. The lowest BCUT2D eigenvalue weighted by Gasteiger charge is -2.05. The summed E-state index contributed by atoms with van der Waals surface area (Å²) < 4.78 is 28.0. The van der Waals surface area contributed by atoms with E-state index < -0.39 is 11.6 Å². The summed E-state index contributed by atoms with van der Waals surface area (Å²) in [7, 11) is 0. The largest absolute Gasteiger partial charge is 0.409 e. The van der Waals surface area contributed by atoms with Crippen LogP contribution < -0.4 is 5.73 Å². The van der Waals surface area contributed by atoms with Crippen molar-refractivity contribution in [2.75, 3.05) is 0 Å². The van der Waals surface area contributed by atoms with Gasteiger partial charge in [-0.05, 0) is 19.1 Å². The molecular weight excluding hydrogens is 294 g/mol. The molecule has 0 radical (unpaired) electrons. The number of benzene rings is 1. The molecule has 0 aliphatic heterocycles. The Balaban J connectivity index is 2.37. The molecule has 0 spiro atoms. The first-order valence-corrected chi connectivity index (χ1v) is 6.59. The molecule has 19 heavy (non-hydrogen) atoms. The molecule has 0 aliphatic rings. The van der Waals surface area contributed by atoms with Crippen molar-refractivity contribution < 1.29 is 14.0 Å². The molecule has 1 aromatic heterocycles. The van der Waals surface area contributed by atoms with Gasteiger partial charge >= 0.3 is 0 Å². The summed E-state index contributed by atoms with van der Waals surface area (Å²) in [6, 6.07) is 1.99. The van der Waals surface area contributed by atoms with Crippen molar-refractivity contribution in [3.63, 3.8) is 0 Å². The smallest absolute Gasteiger partial charge is 0.179 e. The molecule has 0 atom stereocenters. The molecule has 1 aromatic carbocycles. The van der Waals surface area contributed by atoms with Crippen molar-refractivity contribution in [3.05, 3.63) is 34.3 Å². The third-order valence-corrected chi connectivity index (χ3v) is 4.08. The summed E-state index contributed by atoms with van der Waals surface area (Å²) in [6.07, 6.45) is 0. The Morgan fingerprint density at radius 3 is 2.47 bits per heavy atom. The normalized spacial score (nSPS) is 11.8. The second kappa shape index (κ2) is 5.49. The first-order valence-electron chi connectivity index (χ1n) is 4.96. The van der Waals surface area contributed by atoms with E-state index in [2.05, 4.69) is 15.4 Å². The van der Waals surface area contributed by atoms with Crippen molar-refractivity contribution in [3.8, 4) is 0 Å². The predicted molar refractivity (Wildman–Crippen MR) is 67.6 cm³/mol. The molecule has 0 saturated heterocycles. The average molecular weight is 302 g/mol. The number of amidine groups is 1. The third kappa shape index (κ3) is 2.99. The Bertz CT molecular complexity index is 621. The zero-order chi connectivity index (χ0) is 14.0. The van der Waals surface area contributed by atoms with E-state index in [1.54, 1.807) is 6.92 Å². The molecule has 5 nitrogen and oxygen atoms in total. The van der Waals surface area contributed by atoms with Gasteiger partial charge in [-0.1, -0.05) is 28.3 Å². The quantitative estimate of drug-likeness (QED) is 0.393. The van der Waals surface area contributed by atoms with Crippen molar-refractivity contribution in [1.29, 1.82) is 0 Å². The topological polar surface area (TPSA) is 84.4 Å².